The molecule has 0 aromatic carbocycles. The maximum Gasteiger partial charge on any atom is 0.106 e. The molecule has 0 aliphatic carbocycles. The zero-order valence-electron chi connectivity index (χ0n) is 14.0. The third-order valence-corrected chi connectivity index (χ3v) is 4.16. The van der Waals surface area contributed by atoms with Crippen molar-refractivity contribution in [1.29, 1.82) is 0 Å². The molecule has 1 rings (SSSR count). The topological polar surface area (TPSA) is 35.8 Å². The molecule has 0 saturated carbocycles. The molecule has 1 aliphatic rings. The van der Waals surface area contributed by atoms with Crippen molar-refractivity contribution >= 4 is 6.21 Å². The van der Waals surface area contributed by atoms with Crippen LogP contribution in [0.25, 0.3) is 0 Å². The van der Waals surface area contributed by atoms with Crippen LogP contribution < -0.4 is 0 Å². The Kier molecular flexibility index (Phi) is 10.4. The van der Waals surface area contributed by atoms with Crippen molar-refractivity contribution in [3.8, 4) is 0 Å². The highest BCUT2D eigenvalue weighted by Gasteiger charge is 2.23. The summed E-state index contributed by atoms with van der Waals surface area (Å²) in [6.07, 6.45) is 19.2. The van der Waals surface area contributed by atoms with Crippen molar-refractivity contribution in [2.75, 3.05) is 6.54 Å². The van der Waals surface area contributed by atoms with Gasteiger partial charge in [0.05, 0.1) is 0 Å². The lowest BCUT2D eigenvalue weighted by Gasteiger charge is -2.25. The number of unbranched alkanes of at least 4 members (excludes halogenated alkanes) is 7. The molecule has 0 aromatic heterocycles. The highest BCUT2D eigenvalue weighted by molar-refractivity contribution is 5.62. The summed E-state index contributed by atoms with van der Waals surface area (Å²) in [5.41, 5.74) is 0. The molecular formula is C18H34N2O. The Hall–Kier alpha value is -0.670. The fourth-order valence-electron chi connectivity index (χ4n) is 2.81. The van der Waals surface area contributed by atoms with Gasteiger partial charge in [-0.3, -0.25) is 9.89 Å². The lowest BCUT2D eigenvalue weighted by atomic mass is 10.1. The summed E-state index contributed by atoms with van der Waals surface area (Å²) in [7, 11) is 0. The van der Waals surface area contributed by atoms with Crippen molar-refractivity contribution in [1.82, 2.24) is 4.90 Å². The van der Waals surface area contributed by atoms with Crippen LogP contribution in [0.3, 0.4) is 0 Å². The second-order valence-electron chi connectivity index (χ2n) is 6.10. The predicted octanol–water partition coefficient (Wildman–Crippen LogP) is 4.51. The van der Waals surface area contributed by atoms with Crippen LogP contribution in [0.5, 0.6) is 0 Å². The second kappa shape index (κ2) is 11.9. The van der Waals surface area contributed by atoms with Crippen LogP contribution in [0, 0.1) is 0 Å². The molecule has 1 N–H and O–H groups in total. The molecular weight excluding hydrogens is 260 g/mol. The van der Waals surface area contributed by atoms with Crippen molar-refractivity contribution < 1.29 is 5.11 Å². The van der Waals surface area contributed by atoms with E-state index in [-0.39, 0.29) is 12.4 Å². The van der Waals surface area contributed by atoms with E-state index in [1.165, 1.54) is 44.9 Å². The third-order valence-electron chi connectivity index (χ3n) is 4.16. The van der Waals surface area contributed by atoms with E-state index in [1.54, 1.807) is 0 Å². The minimum Gasteiger partial charge on any atom is -0.379 e. The van der Waals surface area contributed by atoms with Gasteiger partial charge >= 0.3 is 0 Å². The smallest absolute Gasteiger partial charge is 0.106 e. The van der Waals surface area contributed by atoms with Gasteiger partial charge in [0.25, 0.3) is 0 Å². The van der Waals surface area contributed by atoms with Gasteiger partial charge in [0, 0.05) is 12.8 Å². The maximum atomic E-state index is 9.63. The van der Waals surface area contributed by atoms with Crippen molar-refractivity contribution in [3.05, 3.63) is 12.2 Å². The summed E-state index contributed by atoms with van der Waals surface area (Å²) in [6, 6.07) is 0. The van der Waals surface area contributed by atoms with Gasteiger partial charge in [0.1, 0.15) is 12.4 Å². The number of rotatable bonds is 12. The third kappa shape index (κ3) is 8.37. The normalized spacial score (nSPS) is 20.6. The Bertz CT molecular complexity index is 300. The number of nitrogens with zero attached hydrogens (tertiary/aromatic N) is 2. The second-order valence-corrected chi connectivity index (χ2v) is 6.10. The molecule has 3 heteroatoms. The predicted molar refractivity (Wildman–Crippen MR) is 91.7 cm³/mol. The summed E-state index contributed by atoms with van der Waals surface area (Å²) in [5, 5.41) is 9.63. The molecule has 0 saturated heterocycles. The van der Waals surface area contributed by atoms with E-state index in [0.29, 0.717) is 0 Å². The van der Waals surface area contributed by atoms with E-state index in [4.69, 9.17) is 0 Å². The quantitative estimate of drug-likeness (QED) is 0.424. The minimum atomic E-state index is -0.388. The Morgan fingerprint density at radius 3 is 2.52 bits per heavy atom. The Morgan fingerprint density at radius 1 is 1.14 bits per heavy atom. The first kappa shape index (κ1) is 18.4. The van der Waals surface area contributed by atoms with Crippen LogP contribution >= 0.6 is 0 Å². The van der Waals surface area contributed by atoms with Crippen LogP contribution in [0.1, 0.15) is 78.1 Å². The molecule has 1 aliphatic heterocycles. The van der Waals surface area contributed by atoms with Gasteiger partial charge in [-0.1, -0.05) is 51.2 Å². The lowest BCUT2D eigenvalue weighted by molar-refractivity contribution is 0.00732. The summed E-state index contributed by atoms with van der Waals surface area (Å²) in [6.45, 7) is 4.87. The van der Waals surface area contributed by atoms with E-state index >= 15 is 0 Å². The molecule has 2 unspecified atom stereocenters. The number of aliphatic hydroxyl groups is 1. The Balaban J connectivity index is 1.94. The van der Waals surface area contributed by atoms with Crippen LogP contribution in [-0.4, -0.2) is 35.2 Å². The summed E-state index contributed by atoms with van der Waals surface area (Å²) in [5.74, 6) is 0. The molecule has 2 atom stereocenters. The maximum absolute atomic E-state index is 9.63. The van der Waals surface area contributed by atoms with Crippen LogP contribution in [0.15, 0.2) is 17.1 Å². The average Bonchev–Trinajstić information content (AvgIpc) is 2.93. The van der Waals surface area contributed by atoms with Crippen molar-refractivity contribution in [2.45, 2.75) is 90.4 Å². The number of hydrogen-bond donors (Lipinski definition) is 1. The first-order valence-electron chi connectivity index (χ1n) is 8.86. The van der Waals surface area contributed by atoms with Crippen molar-refractivity contribution in [2.24, 2.45) is 4.99 Å². The molecule has 21 heavy (non-hydrogen) atoms. The molecule has 0 fully saturated rings. The summed E-state index contributed by atoms with van der Waals surface area (Å²) in [4.78, 5) is 6.48. The summed E-state index contributed by atoms with van der Waals surface area (Å²) >= 11 is 0. The molecule has 0 bridgehead atoms. The molecule has 0 radical (unpaired) electrons. The van der Waals surface area contributed by atoms with Crippen molar-refractivity contribution in [3.63, 3.8) is 0 Å². The fraction of sp³-hybridized carbons (Fsp3) is 0.833. The van der Waals surface area contributed by atoms with Gasteiger partial charge in [0.15, 0.2) is 0 Å². The average molecular weight is 294 g/mol. The van der Waals surface area contributed by atoms with E-state index in [9.17, 15) is 5.11 Å². The number of aliphatic hydroxyl groups excluding tert-OH is 1. The number of hydrogen-bond acceptors (Lipinski definition) is 3. The highest BCUT2D eigenvalue weighted by atomic mass is 16.3. The Labute approximate surface area is 131 Å². The fourth-order valence-corrected chi connectivity index (χ4v) is 2.81. The molecule has 1 heterocycles. The monoisotopic (exact) mass is 294 g/mol. The van der Waals surface area contributed by atoms with E-state index < -0.39 is 0 Å². The molecule has 0 aromatic rings. The largest absolute Gasteiger partial charge is 0.379 e. The molecule has 0 spiro atoms. The lowest BCUT2D eigenvalue weighted by Crippen LogP contribution is -2.37. The first-order valence-corrected chi connectivity index (χ1v) is 8.86. The zero-order chi connectivity index (χ0) is 15.3. The zero-order valence-corrected chi connectivity index (χ0v) is 14.0. The Morgan fingerprint density at radius 2 is 1.81 bits per heavy atom. The van der Waals surface area contributed by atoms with E-state index in [0.717, 1.165) is 25.8 Å². The van der Waals surface area contributed by atoms with Crippen LogP contribution in [-0.2, 0) is 0 Å². The molecule has 0 amide bonds. The van der Waals surface area contributed by atoms with Gasteiger partial charge in [-0.05, 0) is 39.0 Å². The summed E-state index contributed by atoms with van der Waals surface area (Å²) < 4.78 is 0. The van der Waals surface area contributed by atoms with E-state index in [2.05, 4.69) is 24.1 Å². The molecule has 122 valence electrons. The number of aliphatic imine (C=N–C) groups is 1. The van der Waals surface area contributed by atoms with Gasteiger partial charge in [-0.2, -0.15) is 0 Å². The van der Waals surface area contributed by atoms with Gasteiger partial charge in [-0.15, -0.1) is 0 Å². The standard InChI is InChI=1S/C18H34N2O/c1-3-4-5-6-7-8-9-10-11-12-13-14-18-19-15-16-20(18)17(2)21/h10-11,15,17-18,21H,3-9,12-14,16H2,1-2H3/b11-10+. The molecule has 3 nitrogen and oxygen atoms in total. The van der Waals surface area contributed by atoms with Gasteiger partial charge in [-0.25, -0.2) is 0 Å². The van der Waals surface area contributed by atoms with Gasteiger partial charge < -0.3 is 5.11 Å². The van der Waals surface area contributed by atoms with E-state index in [1.807, 2.05) is 18.0 Å². The minimum absolute atomic E-state index is 0.192. The first-order chi connectivity index (χ1) is 10.3. The van der Waals surface area contributed by atoms with Crippen LogP contribution in [0.4, 0.5) is 0 Å². The highest BCUT2D eigenvalue weighted by Crippen LogP contribution is 2.16. The van der Waals surface area contributed by atoms with Gasteiger partial charge in [0.2, 0.25) is 0 Å². The number of allylic oxidation sites excluding steroid dienone is 2. The van der Waals surface area contributed by atoms with Crippen LogP contribution in [0.2, 0.25) is 0 Å². The SMILES string of the molecule is CCCCCCCC/C=C/CCCC1N=CCN1C(C)O.